The summed E-state index contributed by atoms with van der Waals surface area (Å²) in [4.78, 5) is 11.9. The Morgan fingerprint density at radius 1 is 1.47 bits per heavy atom. The van der Waals surface area contributed by atoms with Crippen LogP contribution in [0.3, 0.4) is 0 Å². The van der Waals surface area contributed by atoms with Crippen molar-refractivity contribution in [3.05, 3.63) is 34.9 Å². The molecule has 1 aromatic rings. The molecule has 0 radical (unpaired) electrons. The number of hydrogen-bond donors (Lipinski definition) is 2. The highest BCUT2D eigenvalue weighted by Crippen LogP contribution is 2.16. The molecule has 4 nitrogen and oxygen atoms in total. The number of halogens is 1. The summed E-state index contributed by atoms with van der Waals surface area (Å²) in [6.07, 6.45) is 0.569. The molecule has 1 fully saturated rings. The van der Waals surface area contributed by atoms with Gasteiger partial charge in [-0.05, 0) is 24.1 Å². The number of carbonyl (C=O) groups excluding carboxylic acids is 1. The first-order chi connectivity index (χ1) is 8.10. The fourth-order valence-electron chi connectivity index (χ4n) is 1.72. The van der Waals surface area contributed by atoms with E-state index in [0.29, 0.717) is 31.2 Å². The predicted molar refractivity (Wildman–Crippen MR) is 65.7 cm³/mol. The smallest absolute Gasteiger partial charge is 0.242 e. The zero-order valence-electron chi connectivity index (χ0n) is 9.41. The van der Waals surface area contributed by atoms with Crippen molar-refractivity contribution in [2.24, 2.45) is 5.73 Å². The monoisotopic (exact) mass is 254 g/mol. The second kappa shape index (κ2) is 5.04. The second-order valence-corrected chi connectivity index (χ2v) is 4.70. The highest BCUT2D eigenvalue weighted by atomic mass is 35.5. The standard InChI is InChI=1S/C12H15ClN2O2/c13-10-3-1-9(2-4-10)7-15-11(16)12(14)5-6-17-8-12/h1-4H,5-8,14H2,(H,15,16). The molecule has 1 amide bonds. The zero-order chi connectivity index (χ0) is 12.3. The molecule has 2 rings (SSSR count). The van der Waals surface area contributed by atoms with Crippen molar-refractivity contribution < 1.29 is 9.53 Å². The third-order valence-electron chi connectivity index (χ3n) is 2.87. The van der Waals surface area contributed by atoms with Gasteiger partial charge in [0.25, 0.3) is 0 Å². The van der Waals surface area contributed by atoms with Gasteiger partial charge in [-0.3, -0.25) is 4.79 Å². The largest absolute Gasteiger partial charge is 0.379 e. The van der Waals surface area contributed by atoms with Gasteiger partial charge in [0.1, 0.15) is 5.54 Å². The topological polar surface area (TPSA) is 64.4 Å². The van der Waals surface area contributed by atoms with Crippen molar-refractivity contribution in [3.8, 4) is 0 Å². The molecule has 0 aromatic heterocycles. The fourth-order valence-corrected chi connectivity index (χ4v) is 1.85. The Morgan fingerprint density at radius 3 is 2.76 bits per heavy atom. The van der Waals surface area contributed by atoms with Crippen LogP contribution in [-0.4, -0.2) is 24.7 Å². The zero-order valence-corrected chi connectivity index (χ0v) is 10.2. The van der Waals surface area contributed by atoms with Crippen LogP contribution in [0.15, 0.2) is 24.3 Å². The van der Waals surface area contributed by atoms with Gasteiger partial charge in [-0.2, -0.15) is 0 Å². The minimum atomic E-state index is -0.869. The lowest BCUT2D eigenvalue weighted by molar-refractivity contribution is -0.126. The van der Waals surface area contributed by atoms with Crippen molar-refractivity contribution in [2.75, 3.05) is 13.2 Å². The number of rotatable bonds is 3. The summed E-state index contributed by atoms with van der Waals surface area (Å²) in [7, 11) is 0. The first kappa shape index (κ1) is 12.4. The van der Waals surface area contributed by atoms with E-state index in [9.17, 15) is 4.79 Å². The summed E-state index contributed by atoms with van der Waals surface area (Å²) in [5, 5.41) is 3.49. The summed E-state index contributed by atoms with van der Waals surface area (Å²) >= 11 is 5.78. The van der Waals surface area contributed by atoms with Crippen LogP contribution >= 0.6 is 11.6 Å². The molecule has 92 valence electrons. The molecule has 0 aliphatic carbocycles. The number of ether oxygens (including phenoxy) is 1. The summed E-state index contributed by atoms with van der Waals surface area (Å²) < 4.78 is 5.15. The molecule has 1 unspecified atom stereocenters. The Hall–Kier alpha value is -1.10. The summed E-state index contributed by atoms with van der Waals surface area (Å²) in [6, 6.07) is 7.33. The lowest BCUT2D eigenvalue weighted by atomic mass is 9.99. The molecule has 0 bridgehead atoms. The summed E-state index contributed by atoms with van der Waals surface area (Å²) in [5.74, 6) is -0.162. The Morgan fingerprint density at radius 2 is 2.18 bits per heavy atom. The molecule has 5 heteroatoms. The molecular formula is C12H15ClN2O2. The van der Waals surface area contributed by atoms with E-state index in [1.54, 1.807) is 12.1 Å². The second-order valence-electron chi connectivity index (χ2n) is 4.27. The minimum absolute atomic E-state index is 0.162. The third-order valence-corrected chi connectivity index (χ3v) is 3.12. The molecule has 17 heavy (non-hydrogen) atoms. The van der Waals surface area contributed by atoms with E-state index in [1.807, 2.05) is 12.1 Å². The average molecular weight is 255 g/mol. The van der Waals surface area contributed by atoms with Crippen LogP contribution in [0.1, 0.15) is 12.0 Å². The molecule has 0 spiro atoms. The van der Waals surface area contributed by atoms with Crippen molar-refractivity contribution >= 4 is 17.5 Å². The molecule has 1 aliphatic heterocycles. The van der Waals surface area contributed by atoms with Crippen molar-refractivity contribution in [1.82, 2.24) is 5.32 Å². The number of nitrogens with one attached hydrogen (secondary N) is 1. The van der Waals surface area contributed by atoms with Gasteiger partial charge in [-0.25, -0.2) is 0 Å². The molecule has 1 aromatic carbocycles. The van der Waals surface area contributed by atoms with E-state index in [2.05, 4.69) is 5.32 Å². The van der Waals surface area contributed by atoms with E-state index >= 15 is 0 Å². The molecule has 1 atom stereocenters. The first-order valence-corrected chi connectivity index (χ1v) is 5.87. The van der Waals surface area contributed by atoms with Gasteiger partial charge in [0.05, 0.1) is 6.61 Å². The van der Waals surface area contributed by atoms with Crippen LogP contribution in [0.5, 0.6) is 0 Å². The Bertz CT molecular complexity index is 399. The summed E-state index contributed by atoms with van der Waals surface area (Å²) in [5.41, 5.74) is 6.06. The number of benzene rings is 1. The van der Waals surface area contributed by atoms with Crippen LogP contribution in [-0.2, 0) is 16.1 Å². The van der Waals surface area contributed by atoms with Gasteiger partial charge in [0.2, 0.25) is 5.91 Å². The average Bonchev–Trinajstić information content (AvgIpc) is 2.76. The molecule has 1 heterocycles. The first-order valence-electron chi connectivity index (χ1n) is 5.49. The van der Waals surface area contributed by atoms with Crippen LogP contribution in [0.4, 0.5) is 0 Å². The third kappa shape index (κ3) is 2.97. The van der Waals surface area contributed by atoms with Crippen LogP contribution in [0.25, 0.3) is 0 Å². The van der Waals surface area contributed by atoms with Gasteiger partial charge in [-0.1, -0.05) is 23.7 Å². The SMILES string of the molecule is NC1(C(=O)NCc2ccc(Cl)cc2)CCOC1. The Balaban J connectivity index is 1.89. The number of nitrogens with two attached hydrogens (primary N) is 1. The van der Waals surface area contributed by atoms with Crippen molar-refractivity contribution in [1.29, 1.82) is 0 Å². The highest BCUT2D eigenvalue weighted by Gasteiger charge is 2.37. The predicted octanol–water partition coefficient (Wildman–Crippen LogP) is 1.07. The molecule has 0 saturated carbocycles. The van der Waals surface area contributed by atoms with Crippen molar-refractivity contribution in [3.63, 3.8) is 0 Å². The molecule has 3 N–H and O–H groups in total. The summed E-state index contributed by atoms with van der Waals surface area (Å²) in [6.45, 7) is 1.29. The maximum Gasteiger partial charge on any atom is 0.242 e. The van der Waals surface area contributed by atoms with Crippen molar-refractivity contribution in [2.45, 2.75) is 18.5 Å². The highest BCUT2D eigenvalue weighted by molar-refractivity contribution is 6.30. The van der Waals surface area contributed by atoms with E-state index < -0.39 is 5.54 Å². The quantitative estimate of drug-likeness (QED) is 0.848. The van der Waals surface area contributed by atoms with Gasteiger partial charge >= 0.3 is 0 Å². The molecule has 1 saturated heterocycles. The van der Waals surface area contributed by atoms with Gasteiger partial charge in [-0.15, -0.1) is 0 Å². The van der Waals surface area contributed by atoms with E-state index in [4.69, 9.17) is 22.1 Å². The van der Waals surface area contributed by atoms with Crippen LogP contribution in [0, 0.1) is 0 Å². The number of carbonyl (C=O) groups is 1. The van der Waals surface area contributed by atoms with Crippen LogP contribution in [0.2, 0.25) is 5.02 Å². The number of amides is 1. The van der Waals surface area contributed by atoms with Gasteiger partial charge in [0, 0.05) is 18.2 Å². The van der Waals surface area contributed by atoms with E-state index in [1.165, 1.54) is 0 Å². The lowest BCUT2D eigenvalue weighted by Crippen LogP contribution is -2.54. The Labute approximate surface area is 105 Å². The fraction of sp³-hybridized carbons (Fsp3) is 0.417. The van der Waals surface area contributed by atoms with Gasteiger partial charge < -0.3 is 15.8 Å². The van der Waals surface area contributed by atoms with E-state index in [0.717, 1.165) is 5.56 Å². The Kier molecular flexibility index (Phi) is 3.66. The minimum Gasteiger partial charge on any atom is -0.379 e. The van der Waals surface area contributed by atoms with E-state index in [-0.39, 0.29) is 5.91 Å². The maximum atomic E-state index is 11.9. The normalized spacial score (nSPS) is 23.6. The molecular weight excluding hydrogens is 240 g/mol. The van der Waals surface area contributed by atoms with Gasteiger partial charge in [0.15, 0.2) is 0 Å². The number of hydrogen-bond acceptors (Lipinski definition) is 3. The maximum absolute atomic E-state index is 11.9. The molecule has 1 aliphatic rings. The lowest BCUT2D eigenvalue weighted by Gasteiger charge is -2.20. The van der Waals surface area contributed by atoms with Crippen LogP contribution < -0.4 is 11.1 Å².